The number of nitro groups is 1. The standard InChI is InChI=1S/C14H19N3O3/c1-10-6-7-16(11(8-10)9-15)14(18)12-4-2-3-5-13(12)17(19)20/h2-5,10-11H,6-9,15H2,1H3. The molecule has 20 heavy (non-hydrogen) atoms. The molecule has 0 radical (unpaired) electrons. The number of rotatable bonds is 3. The first-order valence-corrected chi connectivity index (χ1v) is 6.79. The van der Waals surface area contributed by atoms with Gasteiger partial charge >= 0.3 is 0 Å². The maximum Gasteiger partial charge on any atom is 0.282 e. The third kappa shape index (κ3) is 2.80. The predicted molar refractivity (Wildman–Crippen MR) is 75.4 cm³/mol. The third-order valence-corrected chi connectivity index (χ3v) is 3.84. The lowest BCUT2D eigenvalue weighted by molar-refractivity contribution is -0.385. The summed E-state index contributed by atoms with van der Waals surface area (Å²) in [6.45, 7) is 3.13. The molecule has 0 bridgehead atoms. The molecule has 1 saturated heterocycles. The lowest BCUT2D eigenvalue weighted by Gasteiger charge is -2.37. The van der Waals surface area contributed by atoms with E-state index < -0.39 is 4.92 Å². The Bertz CT molecular complexity index is 518. The second-order valence-electron chi connectivity index (χ2n) is 5.29. The number of nitro benzene ring substituents is 1. The van der Waals surface area contributed by atoms with Crippen molar-refractivity contribution in [1.82, 2.24) is 4.90 Å². The summed E-state index contributed by atoms with van der Waals surface area (Å²) < 4.78 is 0. The van der Waals surface area contributed by atoms with E-state index >= 15 is 0 Å². The van der Waals surface area contributed by atoms with Crippen LogP contribution in [-0.4, -0.2) is 34.9 Å². The number of hydrogen-bond donors (Lipinski definition) is 1. The maximum absolute atomic E-state index is 12.6. The Morgan fingerprint density at radius 3 is 2.85 bits per heavy atom. The van der Waals surface area contributed by atoms with E-state index in [1.54, 1.807) is 17.0 Å². The summed E-state index contributed by atoms with van der Waals surface area (Å²) >= 11 is 0. The monoisotopic (exact) mass is 277 g/mol. The van der Waals surface area contributed by atoms with Crippen molar-refractivity contribution in [3.8, 4) is 0 Å². The van der Waals surface area contributed by atoms with Crippen molar-refractivity contribution in [2.75, 3.05) is 13.1 Å². The average molecular weight is 277 g/mol. The van der Waals surface area contributed by atoms with Crippen molar-refractivity contribution >= 4 is 11.6 Å². The van der Waals surface area contributed by atoms with Crippen LogP contribution in [0.3, 0.4) is 0 Å². The van der Waals surface area contributed by atoms with Crippen LogP contribution in [0.4, 0.5) is 5.69 Å². The number of amides is 1. The lowest BCUT2D eigenvalue weighted by Crippen LogP contribution is -2.49. The van der Waals surface area contributed by atoms with Crippen molar-refractivity contribution in [1.29, 1.82) is 0 Å². The van der Waals surface area contributed by atoms with Gasteiger partial charge in [0, 0.05) is 25.2 Å². The van der Waals surface area contributed by atoms with Gasteiger partial charge in [-0.2, -0.15) is 0 Å². The van der Waals surface area contributed by atoms with Gasteiger partial charge in [-0.25, -0.2) is 0 Å². The SMILES string of the molecule is CC1CCN(C(=O)c2ccccc2[N+](=O)[O-])C(CN)C1. The summed E-state index contributed by atoms with van der Waals surface area (Å²) in [4.78, 5) is 24.8. The van der Waals surface area contributed by atoms with Crippen LogP contribution < -0.4 is 5.73 Å². The first kappa shape index (κ1) is 14.5. The molecule has 0 aromatic heterocycles. The quantitative estimate of drug-likeness (QED) is 0.673. The van der Waals surface area contributed by atoms with Crippen molar-refractivity contribution in [2.45, 2.75) is 25.8 Å². The number of hydrogen-bond acceptors (Lipinski definition) is 4. The Hall–Kier alpha value is -1.95. The number of benzene rings is 1. The number of carbonyl (C=O) groups excluding carboxylic acids is 1. The summed E-state index contributed by atoms with van der Waals surface area (Å²) in [6, 6.07) is 6.03. The van der Waals surface area contributed by atoms with E-state index in [0.717, 1.165) is 12.8 Å². The van der Waals surface area contributed by atoms with Crippen LogP contribution in [-0.2, 0) is 0 Å². The zero-order valence-corrected chi connectivity index (χ0v) is 11.5. The van der Waals surface area contributed by atoms with Gasteiger partial charge in [-0.1, -0.05) is 19.1 Å². The molecule has 2 atom stereocenters. The first-order chi connectivity index (χ1) is 9.54. The zero-order valence-electron chi connectivity index (χ0n) is 11.5. The fourth-order valence-electron chi connectivity index (χ4n) is 2.71. The minimum absolute atomic E-state index is 0.0361. The topological polar surface area (TPSA) is 89.5 Å². The molecular weight excluding hydrogens is 258 g/mol. The van der Waals surface area contributed by atoms with E-state index in [2.05, 4.69) is 6.92 Å². The van der Waals surface area contributed by atoms with Gasteiger partial charge in [0.25, 0.3) is 11.6 Å². The van der Waals surface area contributed by atoms with Gasteiger partial charge in [0.2, 0.25) is 0 Å². The van der Waals surface area contributed by atoms with E-state index in [-0.39, 0.29) is 23.2 Å². The van der Waals surface area contributed by atoms with Crippen LogP contribution in [0.15, 0.2) is 24.3 Å². The van der Waals surface area contributed by atoms with Crippen LogP contribution in [0.1, 0.15) is 30.1 Å². The van der Waals surface area contributed by atoms with E-state index in [1.165, 1.54) is 12.1 Å². The van der Waals surface area contributed by atoms with Crippen LogP contribution in [0.25, 0.3) is 0 Å². The second kappa shape index (κ2) is 6.00. The molecule has 1 fully saturated rings. The van der Waals surface area contributed by atoms with Crippen LogP contribution in [0, 0.1) is 16.0 Å². The van der Waals surface area contributed by atoms with Gasteiger partial charge in [-0.15, -0.1) is 0 Å². The van der Waals surface area contributed by atoms with Crippen molar-refractivity contribution < 1.29 is 9.72 Å². The fraction of sp³-hybridized carbons (Fsp3) is 0.500. The highest BCUT2D eigenvalue weighted by atomic mass is 16.6. The van der Waals surface area contributed by atoms with Gasteiger partial charge in [0.05, 0.1) is 4.92 Å². The molecule has 0 saturated carbocycles. The Morgan fingerprint density at radius 1 is 1.50 bits per heavy atom. The molecule has 0 spiro atoms. The smallest absolute Gasteiger partial charge is 0.282 e. The Labute approximate surface area is 117 Å². The molecular formula is C14H19N3O3. The number of nitrogens with two attached hydrogens (primary N) is 1. The maximum atomic E-state index is 12.6. The molecule has 1 aromatic rings. The second-order valence-corrected chi connectivity index (χ2v) is 5.29. The molecule has 108 valence electrons. The van der Waals surface area contributed by atoms with Gasteiger partial charge < -0.3 is 10.6 Å². The van der Waals surface area contributed by atoms with Gasteiger partial charge in [0.15, 0.2) is 0 Å². The van der Waals surface area contributed by atoms with Gasteiger partial charge in [-0.05, 0) is 24.8 Å². The highest BCUT2D eigenvalue weighted by Crippen LogP contribution is 2.26. The highest BCUT2D eigenvalue weighted by molar-refractivity contribution is 5.98. The van der Waals surface area contributed by atoms with E-state index in [1.807, 2.05) is 0 Å². The Kier molecular flexibility index (Phi) is 4.34. The number of likely N-dealkylation sites (tertiary alicyclic amines) is 1. The minimum atomic E-state index is -0.517. The van der Waals surface area contributed by atoms with Crippen LogP contribution in [0.5, 0.6) is 0 Å². The summed E-state index contributed by atoms with van der Waals surface area (Å²) in [5.41, 5.74) is 5.74. The van der Waals surface area contributed by atoms with Crippen molar-refractivity contribution in [3.05, 3.63) is 39.9 Å². The van der Waals surface area contributed by atoms with Crippen molar-refractivity contribution in [3.63, 3.8) is 0 Å². The number of para-hydroxylation sites is 1. The van der Waals surface area contributed by atoms with Gasteiger partial charge in [-0.3, -0.25) is 14.9 Å². The molecule has 1 amide bonds. The normalized spacial score (nSPS) is 22.6. The Balaban J connectivity index is 2.29. The summed E-state index contributed by atoms with van der Waals surface area (Å²) in [5, 5.41) is 11.0. The number of nitrogens with zero attached hydrogens (tertiary/aromatic N) is 2. The molecule has 1 aliphatic heterocycles. The molecule has 2 N–H and O–H groups in total. The van der Waals surface area contributed by atoms with Crippen LogP contribution in [0.2, 0.25) is 0 Å². The van der Waals surface area contributed by atoms with E-state index in [4.69, 9.17) is 5.73 Å². The van der Waals surface area contributed by atoms with Crippen molar-refractivity contribution in [2.24, 2.45) is 11.7 Å². The summed E-state index contributed by atoms with van der Waals surface area (Å²) in [5.74, 6) is 0.234. The molecule has 1 aromatic carbocycles. The Morgan fingerprint density at radius 2 is 2.20 bits per heavy atom. The van der Waals surface area contributed by atoms with Gasteiger partial charge in [0.1, 0.15) is 5.56 Å². The molecule has 6 nitrogen and oxygen atoms in total. The molecule has 2 unspecified atom stereocenters. The molecule has 1 heterocycles. The number of carbonyl (C=O) groups is 1. The zero-order chi connectivity index (χ0) is 14.7. The molecule has 0 aliphatic carbocycles. The van der Waals surface area contributed by atoms with Crippen LogP contribution >= 0.6 is 0 Å². The largest absolute Gasteiger partial charge is 0.334 e. The van der Waals surface area contributed by atoms with E-state index in [9.17, 15) is 14.9 Å². The summed E-state index contributed by atoms with van der Waals surface area (Å²) in [6.07, 6.45) is 1.76. The average Bonchev–Trinajstić information content (AvgIpc) is 2.46. The third-order valence-electron chi connectivity index (χ3n) is 3.84. The lowest BCUT2D eigenvalue weighted by atomic mass is 9.91. The minimum Gasteiger partial charge on any atom is -0.334 e. The molecule has 6 heteroatoms. The van der Waals surface area contributed by atoms with E-state index in [0.29, 0.717) is 19.0 Å². The first-order valence-electron chi connectivity index (χ1n) is 6.79. The predicted octanol–water partition coefficient (Wildman–Crippen LogP) is 1.79. The fourth-order valence-corrected chi connectivity index (χ4v) is 2.71. The molecule has 2 rings (SSSR count). The highest BCUT2D eigenvalue weighted by Gasteiger charge is 2.32. The summed E-state index contributed by atoms with van der Waals surface area (Å²) in [7, 11) is 0. The number of piperidine rings is 1. The molecule has 1 aliphatic rings.